The maximum absolute atomic E-state index is 12.3. The smallest absolute Gasteiger partial charge is 0.236 e. The predicted octanol–water partition coefficient (Wildman–Crippen LogP) is 0.850. The number of aliphatic hydroxyl groups is 1. The van der Waals surface area contributed by atoms with Crippen molar-refractivity contribution in [3.8, 4) is 0 Å². The monoisotopic (exact) mass is 367 g/mol. The maximum Gasteiger partial charge on any atom is 0.236 e. The Morgan fingerprint density at radius 2 is 1.72 bits per heavy atom. The average Bonchev–Trinajstić information content (AvgIpc) is 2.64. The molecule has 2 saturated heterocycles. The molecule has 6 nitrogen and oxygen atoms in total. The van der Waals surface area contributed by atoms with E-state index in [-0.39, 0.29) is 5.91 Å². The molecule has 2 fully saturated rings. The van der Waals surface area contributed by atoms with Crippen LogP contribution < -0.4 is 0 Å². The summed E-state index contributed by atoms with van der Waals surface area (Å²) < 4.78 is 5.29. The zero-order valence-electron chi connectivity index (χ0n) is 14.4. The number of benzene rings is 1. The van der Waals surface area contributed by atoms with Crippen LogP contribution in [0.4, 0.5) is 0 Å². The summed E-state index contributed by atoms with van der Waals surface area (Å²) in [5, 5.41) is 11.0. The van der Waals surface area contributed by atoms with Gasteiger partial charge in [0, 0.05) is 56.4 Å². The fraction of sp³-hybridized carbons (Fsp3) is 0.611. The summed E-state index contributed by atoms with van der Waals surface area (Å²) in [6.07, 6.45) is -0.588. The minimum Gasteiger partial charge on any atom is -0.387 e. The van der Waals surface area contributed by atoms with Crippen LogP contribution in [0.3, 0.4) is 0 Å². The second-order valence-corrected chi connectivity index (χ2v) is 7.01. The van der Waals surface area contributed by atoms with Crippen LogP contribution in [-0.4, -0.2) is 91.3 Å². The minimum atomic E-state index is -0.588. The highest BCUT2D eigenvalue weighted by Crippen LogP contribution is 2.23. The van der Waals surface area contributed by atoms with Crippen molar-refractivity contribution in [3.63, 3.8) is 0 Å². The van der Waals surface area contributed by atoms with Crippen molar-refractivity contribution in [2.75, 3.05) is 65.6 Å². The summed E-state index contributed by atoms with van der Waals surface area (Å²) in [5.74, 6) is 0.188. The van der Waals surface area contributed by atoms with Gasteiger partial charge in [-0.2, -0.15) is 0 Å². The largest absolute Gasteiger partial charge is 0.387 e. The highest BCUT2D eigenvalue weighted by molar-refractivity contribution is 6.31. The third-order valence-electron chi connectivity index (χ3n) is 4.88. The van der Waals surface area contributed by atoms with Crippen molar-refractivity contribution in [2.45, 2.75) is 6.10 Å². The molecule has 2 aliphatic heterocycles. The number of rotatable bonds is 5. The molecule has 1 amide bonds. The maximum atomic E-state index is 12.3. The highest BCUT2D eigenvalue weighted by atomic mass is 35.5. The van der Waals surface area contributed by atoms with Gasteiger partial charge in [-0.3, -0.25) is 14.6 Å². The first kappa shape index (κ1) is 18.6. The van der Waals surface area contributed by atoms with E-state index in [1.54, 1.807) is 6.07 Å². The molecule has 3 rings (SSSR count). The molecule has 2 aliphatic rings. The van der Waals surface area contributed by atoms with E-state index in [9.17, 15) is 9.90 Å². The number of hydrogen-bond donors (Lipinski definition) is 1. The molecule has 25 heavy (non-hydrogen) atoms. The Morgan fingerprint density at radius 3 is 2.40 bits per heavy atom. The number of amides is 1. The molecule has 0 bridgehead atoms. The van der Waals surface area contributed by atoms with E-state index in [1.165, 1.54) is 0 Å². The van der Waals surface area contributed by atoms with Crippen molar-refractivity contribution in [1.29, 1.82) is 0 Å². The van der Waals surface area contributed by atoms with Gasteiger partial charge in [-0.1, -0.05) is 29.8 Å². The number of carbonyl (C=O) groups is 1. The molecular weight excluding hydrogens is 342 g/mol. The molecule has 1 N–H and O–H groups in total. The molecule has 0 aromatic heterocycles. The third-order valence-corrected chi connectivity index (χ3v) is 5.23. The lowest BCUT2D eigenvalue weighted by atomic mass is 10.1. The fourth-order valence-electron chi connectivity index (χ4n) is 3.32. The van der Waals surface area contributed by atoms with Gasteiger partial charge in [0.05, 0.1) is 25.9 Å². The lowest BCUT2D eigenvalue weighted by Crippen LogP contribution is -2.52. The lowest BCUT2D eigenvalue weighted by Gasteiger charge is -2.36. The number of β-amino-alcohol motifs (C(OH)–C–C–N with tert-alkyl or cyclic N) is 1. The van der Waals surface area contributed by atoms with Gasteiger partial charge in [0.15, 0.2) is 0 Å². The third kappa shape index (κ3) is 5.15. The molecule has 1 unspecified atom stereocenters. The molecule has 2 heterocycles. The van der Waals surface area contributed by atoms with Gasteiger partial charge >= 0.3 is 0 Å². The van der Waals surface area contributed by atoms with Crippen LogP contribution in [0.15, 0.2) is 24.3 Å². The Labute approximate surface area is 153 Å². The molecule has 0 spiro atoms. The van der Waals surface area contributed by atoms with E-state index in [0.717, 1.165) is 31.7 Å². The van der Waals surface area contributed by atoms with Crippen molar-refractivity contribution in [1.82, 2.24) is 14.7 Å². The predicted molar refractivity (Wildman–Crippen MR) is 96.7 cm³/mol. The molecule has 138 valence electrons. The summed E-state index contributed by atoms with van der Waals surface area (Å²) in [6.45, 7) is 7.08. The van der Waals surface area contributed by atoms with Gasteiger partial charge in [0.25, 0.3) is 0 Å². The number of aliphatic hydroxyl groups excluding tert-OH is 1. The van der Waals surface area contributed by atoms with Crippen LogP contribution in [0.5, 0.6) is 0 Å². The van der Waals surface area contributed by atoms with Crippen molar-refractivity contribution in [2.24, 2.45) is 0 Å². The number of nitrogens with zero attached hydrogens (tertiary/aromatic N) is 3. The second kappa shape index (κ2) is 8.96. The van der Waals surface area contributed by atoms with Gasteiger partial charge in [-0.25, -0.2) is 0 Å². The standard InChI is InChI=1S/C18H26ClN3O3/c19-16-4-2-1-3-15(16)17(23)13-20-5-7-21(8-6-20)14-18(24)22-9-11-25-12-10-22/h1-4,17,23H,5-14H2. The second-order valence-electron chi connectivity index (χ2n) is 6.61. The lowest BCUT2D eigenvalue weighted by molar-refractivity contribution is -0.136. The molecule has 1 aromatic rings. The van der Waals surface area contributed by atoms with E-state index < -0.39 is 6.10 Å². The summed E-state index contributed by atoms with van der Waals surface area (Å²) >= 11 is 6.15. The van der Waals surface area contributed by atoms with Gasteiger partial charge in [-0.15, -0.1) is 0 Å². The number of ether oxygens (including phenoxy) is 1. The molecule has 1 aromatic carbocycles. The molecule has 0 radical (unpaired) electrons. The van der Waals surface area contributed by atoms with Crippen LogP contribution in [0.25, 0.3) is 0 Å². The zero-order chi connectivity index (χ0) is 17.6. The number of hydrogen-bond acceptors (Lipinski definition) is 5. The number of piperazine rings is 1. The topological polar surface area (TPSA) is 56.2 Å². The summed E-state index contributed by atoms with van der Waals surface area (Å²) in [7, 11) is 0. The van der Waals surface area contributed by atoms with Gasteiger partial charge in [-0.05, 0) is 6.07 Å². The fourth-order valence-corrected chi connectivity index (χ4v) is 3.58. The number of halogens is 1. The molecule has 7 heteroatoms. The average molecular weight is 368 g/mol. The van der Waals surface area contributed by atoms with Crippen LogP contribution in [0.2, 0.25) is 5.02 Å². The number of carbonyl (C=O) groups excluding carboxylic acids is 1. The van der Waals surface area contributed by atoms with E-state index in [2.05, 4.69) is 9.80 Å². The van der Waals surface area contributed by atoms with Crippen molar-refractivity contribution < 1.29 is 14.6 Å². The SMILES string of the molecule is O=C(CN1CCN(CC(O)c2ccccc2Cl)CC1)N1CCOCC1. The van der Waals surface area contributed by atoms with E-state index in [1.807, 2.05) is 23.1 Å². The summed E-state index contributed by atoms with van der Waals surface area (Å²) in [5.41, 5.74) is 0.772. The van der Waals surface area contributed by atoms with Crippen LogP contribution in [-0.2, 0) is 9.53 Å². The van der Waals surface area contributed by atoms with Gasteiger partial charge < -0.3 is 14.7 Å². The number of morpholine rings is 1. The molecule has 1 atom stereocenters. The Kier molecular flexibility index (Phi) is 6.67. The Bertz CT molecular complexity index is 572. The van der Waals surface area contributed by atoms with E-state index in [4.69, 9.17) is 16.3 Å². The van der Waals surface area contributed by atoms with Gasteiger partial charge in [0.2, 0.25) is 5.91 Å². The summed E-state index contributed by atoms with van der Waals surface area (Å²) in [4.78, 5) is 18.6. The zero-order valence-corrected chi connectivity index (χ0v) is 15.2. The molecule has 0 saturated carbocycles. The minimum absolute atomic E-state index is 0.188. The van der Waals surface area contributed by atoms with Crippen molar-refractivity contribution in [3.05, 3.63) is 34.9 Å². The van der Waals surface area contributed by atoms with Crippen LogP contribution in [0, 0.1) is 0 Å². The van der Waals surface area contributed by atoms with Crippen LogP contribution in [0.1, 0.15) is 11.7 Å². The van der Waals surface area contributed by atoms with E-state index in [0.29, 0.717) is 44.4 Å². The van der Waals surface area contributed by atoms with E-state index >= 15 is 0 Å². The first-order valence-corrected chi connectivity index (χ1v) is 9.24. The first-order valence-electron chi connectivity index (χ1n) is 8.86. The van der Waals surface area contributed by atoms with Crippen LogP contribution >= 0.6 is 11.6 Å². The normalized spacial score (nSPS) is 21.3. The Balaban J connectivity index is 1.42. The molecule has 0 aliphatic carbocycles. The van der Waals surface area contributed by atoms with Crippen molar-refractivity contribution >= 4 is 17.5 Å². The Hall–Kier alpha value is -1.18. The molecular formula is C18H26ClN3O3. The summed E-state index contributed by atoms with van der Waals surface area (Å²) in [6, 6.07) is 7.42. The Morgan fingerprint density at radius 1 is 1.08 bits per heavy atom. The highest BCUT2D eigenvalue weighted by Gasteiger charge is 2.24. The first-order chi connectivity index (χ1) is 12.1. The van der Waals surface area contributed by atoms with Gasteiger partial charge in [0.1, 0.15) is 0 Å². The quantitative estimate of drug-likeness (QED) is 0.836.